The van der Waals surface area contributed by atoms with Gasteiger partial charge in [-0.1, -0.05) is 41.9 Å². The van der Waals surface area contributed by atoms with Crippen molar-refractivity contribution in [3.05, 3.63) is 69.8 Å². The van der Waals surface area contributed by atoms with E-state index in [0.717, 1.165) is 32.4 Å². The van der Waals surface area contributed by atoms with Crippen LogP contribution in [-0.4, -0.2) is 61.7 Å². The minimum absolute atomic E-state index is 0.102. The summed E-state index contributed by atoms with van der Waals surface area (Å²) in [5.41, 5.74) is 3.43. The van der Waals surface area contributed by atoms with E-state index in [0.29, 0.717) is 5.69 Å². The van der Waals surface area contributed by atoms with Crippen LogP contribution in [0, 0.1) is 5.82 Å². The van der Waals surface area contributed by atoms with Gasteiger partial charge >= 0.3 is 12.1 Å². The maximum atomic E-state index is 15.0. The summed E-state index contributed by atoms with van der Waals surface area (Å²) in [5, 5.41) is 8.85. The summed E-state index contributed by atoms with van der Waals surface area (Å²) in [5.74, 6) is -3.45. The molecule has 2 aliphatic rings. The lowest BCUT2D eigenvalue weighted by molar-refractivity contribution is -0.192. The average molecular weight is 621 g/mol. The lowest BCUT2D eigenvalue weighted by Crippen LogP contribution is -2.38. The van der Waals surface area contributed by atoms with Crippen LogP contribution in [0.1, 0.15) is 24.8 Å². The Balaban J connectivity index is 0.000000470. The summed E-state index contributed by atoms with van der Waals surface area (Å²) in [6, 6.07) is 13.1. The number of aromatic nitrogens is 1. The molecule has 40 heavy (non-hydrogen) atoms. The molecule has 0 radical (unpaired) electrons. The van der Waals surface area contributed by atoms with Crippen molar-refractivity contribution in [2.24, 2.45) is 0 Å². The second kappa shape index (κ2) is 11.5. The van der Waals surface area contributed by atoms with Gasteiger partial charge in [0.2, 0.25) is 0 Å². The van der Waals surface area contributed by atoms with Gasteiger partial charge in [-0.15, -0.1) is 11.3 Å². The molecule has 0 unspecified atom stereocenters. The summed E-state index contributed by atoms with van der Waals surface area (Å²) in [6.07, 6.45) is -1.88. The fourth-order valence-corrected chi connectivity index (χ4v) is 6.75. The third kappa shape index (κ3) is 6.51. The Labute approximate surface area is 237 Å². The van der Waals surface area contributed by atoms with Crippen molar-refractivity contribution in [1.29, 1.82) is 0 Å². The topological polar surface area (TPSA) is 103 Å². The highest BCUT2D eigenvalue weighted by Gasteiger charge is 2.51. The van der Waals surface area contributed by atoms with Crippen LogP contribution >= 0.6 is 22.9 Å². The molecule has 1 aliphatic heterocycles. The lowest BCUT2D eigenvalue weighted by atomic mass is 10.0. The second-order valence-electron chi connectivity index (χ2n) is 9.41. The van der Waals surface area contributed by atoms with Gasteiger partial charge in [0.1, 0.15) is 10.7 Å². The minimum atomic E-state index is -5.08. The molecule has 2 heterocycles. The van der Waals surface area contributed by atoms with E-state index in [2.05, 4.69) is 38.9 Å². The Morgan fingerprint density at radius 3 is 2.45 bits per heavy atom. The molecule has 0 amide bonds. The van der Waals surface area contributed by atoms with Crippen LogP contribution in [0.25, 0.3) is 0 Å². The number of anilines is 2. The zero-order valence-corrected chi connectivity index (χ0v) is 23.4. The van der Waals surface area contributed by atoms with E-state index in [1.54, 1.807) is 0 Å². The SMILES string of the molecule is CN(c1cc(F)c(S(=O)(=O)Nc2cscn2)cc1Cl)[C@H]1CCN(C2(c3ccccc3)CC2)C1.O=C(O)C(F)(F)F. The van der Waals surface area contributed by atoms with E-state index in [-0.39, 0.29) is 22.4 Å². The predicted molar refractivity (Wildman–Crippen MR) is 144 cm³/mol. The number of thiazole rings is 1. The van der Waals surface area contributed by atoms with Crippen LogP contribution in [0.2, 0.25) is 5.02 Å². The number of rotatable bonds is 7. The van der Waals surface area contributed by atoms with E-state index in [1.807, 2.05) is 18.0 Å². The Kier molecular flexibility index (Phi) is 8.64. The van der Waals surface area contributed by atoms with Crippen LogP contribution in [0.15, 0.2) is 58.3 Å². The number of alkyl halides is 3. The van der Waals surface area contributed by atoms with Crippen LogP contribution in [0.4, 0.5) is 29.1 Å². The number of nitrogens with zero attached hydrogens (tertiary/aromatic N) is 3. The Bertz CT molecular complexity index is 1450. The molecular weight excluding hydrogens is 596 g/mol. The molecule has 8 nitrogen and oxygen atoms in total. The molecular formula is C25H25ClF4N4O4S2. The Morgan fingerprint density at radius 1 is 1.25 bits per heavy atom. The van der Waals surface area contributed by atoms with Crippen molar-refractivity contribution in [2.75, 3.05) is 29.8 Å². The van der Waals surface area contributed by atoms with Crippen LogP contribution < -0.4 is 9.62 Å². The Morgan fingerprint density at radius 2 is 1.90 bits per heavy atom. The van der Waals surface area contributed by atoms with Crippen LogP contribution in [-0.2, 0) is 20.4 Å². The monoisotopic (exact) mass is 620 g/mol. The molecule has 2 aromatic carbocycles. The van der Waals surface area contributed by atoms with E-state index in [9.17, 15) is 26.0 Å². The molecule has 5 rings (SSSR count). The number of halogens is 5. The third-order valence-electron chi connectivity index (χ3n) is 6.94. The molecule has 3 aromatic rings. The number of hydrogen-bond acceptors (Lipinski definition) is 7. The maximum absolute atomic E-state index is 15.0. The van der Waals surface area contributed by atoms with E-state index < -0.39 is 32.9 Å². The summed E-state index contributed by atoms with van der Waals surface area (Å²) < 4.78 is 74.3. The first kappa shape index (κ1) is 30.0. The average Bonchev–Trinajstić information content (AvgIpc) is 3.28. The highest BCUT2D eigenvalue weighted by atomic mass is 35.5. The van der Waals surface area contributed by atoms with Gasteiger partial charge in [-0.25, -0.2) is 22.6 Å². The quantitative estimate of drug-likeness (QED) is 0.333. The number of likely N-dealkylation sites (tertiary alicyclic amines) is 1. The third-order valence-corrected chi connectivity index (χ3v) is 9.19. The highest BCUT2D eigenvalue weighted by molar-refractivity contribution is 7.92. The number of likely N-dealkylation sites (N-methyl/N-ethyl adjacent to an activating group) is 1. The molecule has 1 atom stereocenters. The van der Waals surface area contributed by atoms with Gasteiger partial charge < -0.3 is 10.0 Å². The minimum Gasteiger partial charge on any atom is -0.475 e. The first-order chi connectivity index (χ1) is 18.7. The van der Waals surface area contributed by atoms with Crippen molar-refractivity contribution in [3.63, 3.8) is 0 Å². The van der Waals surface area contributed by atoms with Gasteiger partial charge in [0.05, 0.1) is 16.2 Å². The standard InChI is InChI=1S/C23H24ClFN4O2S2.C2HF3O2/c1-28(17-7-10-29(13-17)23(8-9-23)16-5-3-2-4-6-16)20-12-19(25)21(11-18(20)24)33(30,31)27-22-14-32-15-26-22;3-2(4,5)1(6)7/h2-6,11-12,14-15,17,27H,7-10,13H2,1H3;(H,6,7)/t17-;/m0./s1. The molecule has 0 spiro atoms. The number of carboxylic acids is 1. The van der Waals surface area contributed by atoms with Gasteiger partial charge in [0.15, 0.2) is 5.82 Å². The fourth-order valence-electron chi connectivity index (χ4n) is 4.75. The fraction of sp³-hybridized carbons (Fsp3) is 0.360. The number of carbonyl (C=O) groups is 1. The van der Waals surface area contributed by atoms with E-state index in [1.165, 1.54) is 39.9 Å². The molecule has 216 valence electrons. The van der Waals surface area contributed by atoms with Crippen molar-refractivity contribution < 1.29 is 35.9 Å². The largest absolute Gasteiger partial charge is 0.490 e. The predicted octanol–water partition coefficient (Wildman–Crippen LogP) is 5.57. The summed E-state index contributed by atoms with van der Waals surface area (Å²) in [4.78, 5) is 16.8. The number of nitrogens with one attached hydrogen (secondary N) is 1. The zero-order valence-electron chi connectivity index (χ0n) is 21.0. The number of hydrogen-bond donors (Lipinski definition) is 2. The van der Waals surface area contributed by atoms with Crippen molar-refractivity contribution in [1.82, 2.24) is 9.88 Å². The summed E-state index contributed by atoms with van der Waals surface area (Å²) in [7, 11) is -2.25. The van der Waals surface area contributed by atoms with Crippen LogP contribution in [0.5, 0.6) is 0 Å². The molecule has 2 N–H and O–H groups in total. The molecule has 0 bridgehead atoms. The normalized spacial score (nSPS) is 18.5. The Hall–Kier alpha value is -2.94. The van der Waals surface area contributed by atoms with Crippen molar-refractivity contribution in [3.8, 4) is 0 Å². The number of carboxylic acid groups (broad SMARTS) is 1. The van der Waals surface area contributed by atoms with Crippen molar-refractivity contribution >= 4 is 50.4 Å². The van der Waals surface area contributed by atoms with Gasteiger partial charge in [-0.3, -0.25) is 9.62 Å². The molecule has 1 saturated heterocycles. The first-order valence-corrected chi connectivity index (χ1v) is 14.8. The molecule has 1 aromatic heterocycles. The molecule has 2 fully saturated rings. The smallest absolute Gasteiger partial charge is 0.475 e. The molecule has 15 heteroatoms. The lowest BCUT2D eigenvalue weighted by Gasteiger charge is -2.31. The maximum Gasteiger partial charge on any atom is 0.490 e. The van der Waals surface area contributed by atoms with E-state index in [4.69, 9.17) is 21.5 Å². The molecule has 1 aliphatic carbocycles. The summed E-state index contributed by atoms with van der Waals surface area (Å²) in [6.45, 7) is 1.79. The van der Waals surface area contributed by atoms with Gasteiger partial charge in [0.25, 0.3) is 10.0 Å². The second-order valence-corrected chi connectivity index (χ2v) is 12.2. The number of benzene rings is 2. The highest BCUT2D eigenvalue weighted by Crippen LogP contribution is 2.52. The van der Waals surface area contributed by atoms with Gasteiger partial charge in [0, 0.05) is 43.2 Å². The van der Waals surface area contributed by atoms with E-state index >= 15 is 0 Å². The summed E-state index contributed by atoms with van der Waals surface area (Å²) >= 11 is 7.71. The van der Waals surface area contributed by atoms with Gasteiger partial charge in [-0.2, -0.15) is 13.2 Å². The number of sulfonamides is 1. The van der Waals surface area contributed by atoms with Gasteiger partial charge in [-0.05, 0) is 30.9 Å². The molecule has 1 saturated carbocycles. The van der Waals surface area contributed by atoms with Crippen molar-refractivity contribution in [2.45, 2.75) is 41.9 Å². The number of aliphatic carboxylic acids is 1. The zero-order chi connectivity index (χ0) is 29.3. The first-order valence-electron chi connectivity index (χ1n) is 12.0. The van der Waals surface area contributed by atoms with Crippen LogP contribution in [0.3, 0.4) is 0 Å².